The Morgan fingerprint density at radius 1 is 1.44 bits per heavy atom. The van der Waals surface area contributed by atoms with Gasteiger partial charge in [-0.15, -0.1) is 0 Å². The molecule has 0 atom stereocenters. The Kier molecular flexibility index (Phi) is 4.21. The number of hydrogen-bond donors (Lipinski definition) is 3. The van der Waals surface area contributed by atoms with Gasteiger partial charge in [0.2, 0.25) is 0 Å². The van der Waals surface area contributed by atoms with Crippen LogP contribution in [0.2, 0.25) is 0 Å². The highest BCUT2D eigenvalue weighted by atomic mass is 16.2. The van der Waals surface area contributed by atoms with Crippen LogP contribution in [-0.4, -0.2) is 23.8 Å². The zero-order valence-electron chi connectivity index (χ0n) is 10.1. The highest BCUT2D eigenvalue weighted by Gasteiger charge is 2.19. The SMILES string of the molecule is O=C(Nc1cccc(C#CCO)c1)NC1CCC1. The largest absolute Gasteiger partial charge is 0.384 e. The molecule has 0 heterocycles. The highest BCUT2D eigenvalue weighted by molar-refractivity contribution is 5.89. The van der Waals surface area contributed by atoms with Gasteiger partial charge in [-0.05, 0) is 37.5 Å². The molecule has 4 nitrogen and oxygen atoms in total. The van der Waals surface area contributed by atoms with Crippen molar-refractivity contribution in [3.8, 4) is 11.8 Å². The van der Waals surface area contributed by atoms with Crippen molar-refractivity contribution in [3.63, 3.8) is 0 Å². The number of amides is 2. The van der Waals surface area contributed by atoms with Crippen LogP contribution in [0.1, 0.15) is 24.8 Å². The molecule has 0 spiro atoms. The molecule has 4 heteroatoms. The van der Waals surface area contributed by atoms with E-state index in [2.05, 4.69) is 22.5 Å². The molecule has 2 rings (SSSR count). The van der Waals surface area contributed by atoms with Crippen LogP contribution >= 0.6 is 0 Å². The van der Waals surface area contributed by atoms with Gasteiger partial charge in [-0.1, -0.05) is 17.9 Å². The van der Waals surface area contributed by atoms with Crippen LogP contribution in [0, 0.1) is 11.8 Å². The van der Waals surface area contributed by atoms with E-state index in [1.807, 2.05) is 18.2 Å². The van der Waals surface area contributed by atoms with Crippen molar-refractivity contribution in [3.05, 3.63) is 29.8 Å². The molecule has 1 aromatic carbocycles. The lowest BCUT2D eigenvalue weighted by Gasteiger charge is -2.26. The predicted octanol–water partition coefficient (Wildman–Crippen LogP) is 1.70. The summed E-state index contributed by atoms with van der Waals surface area (Å²) in [5, 5.41) is 14.3. The number of urea groups is 1. The molecule has 3 N–H and O–H groups in total. The summed E-state index contributed by atoms with van der Waals surface area (Å²) in [5.74, 6) is 5.37. The van der Waals surface area contributed by atoms with E-state index in [1.165, 1.54) is 6.42 Å². The molecule has 0 aromatic heterocycles. The fraction of sp³-hybridized carbons (Fsp3) is 0.357. The zero-order chi connectivity index (χ0) is 12.8. The lowest BCUT2D eigenvalue weighted by atomic mass is 9.93. The number of benzene rings is 1. The Bertz CT molecular complexity index is 484. The second kappa shape index (κ2) is 6.08. The molecule has 0 radical (unpaired) electrons. The number of hydrogen-bond acceptors (Lipinski definition) is 2. The molecule has 1 aliphatic rings. The number of carbonyl (C=O) groups is 1. The van der Waals surface area contributed by atoms with Crippen LogP contribution in [0.25, 0.3) is 0 Å². The zero-order valence-corrected chi connectivity index (χ0v) is 10.1. The minimum absolute atomic E-state index is 0.167. The van der Waals surface area contributed by atoms with Crippen LogP contribution in [0.5, 0.6) is 0 Å². The van der Waals surface area contributed by atoms with Gasteiger partial charge in [0.25, 0.3) is 0 Å². The number of rotatable bonds is 2. The third kappa shape index (κ3) is 3.51. The van der Waals surface area contributed by atoms with E-state index < -0.39 is 0 Å². The van der Waals surface area contributed by atoms with Gasteiger partial charge in [0.1, 0.15) is 6.61 Å². The predicted molar refractivity (Wildman–Crippen MR) is 70.2 cm³/mol. The normalized spacial score (nSPS) is 14.1. The summed E-state index contributed by atoms with van der Waals surface area (Å²) in [6, 6.07) is 7.39. The summed E-state index contributed by atoms with van der Waals surface area (Å²) in [7, 11) is 0. The molecule has 94 valence electrons. The standard InChI is InChI=1S/C14H16N2O2/c17-9-3-5-11-4-1-8-13(10-11)16-14(18)15-12-6-2-7-12/h1,4,8,10,12,17H,2,6-7,9H2,(H2,15,16,18). The highest BCUT2D eigenvalue weighted by Crippen LogP contribution is 2.18. The van der Waals surface area contributed by atoms with E-state index in [1.54, 1.807) is 6.07 Å². The smallest absolute Gasteiger partial charge is 0.319 e. The van der Waals surface area contributed by atoms with Crippen molar-refractivity contribution in [2.75, 3.05) is 11.9 Å². The first-order valence-electron chi connectivity index (χ1n) is 6.05. The Labute approximate surface area is 106 Å². The Morgan fingerprint density at radius 3 is 2.94 bits per heavy atom. The first kappa shape index (κ1) is 12.5. The average molecular weight is 244 g/mol. The quantitative estimate of drug-likeness (QED) is 0.693. The van der Waals surface area contributed by atoms with E-state index in [0.717, 1.165) is 18.4 Å². The summed E-state index contributed by atoms with van der Waals surface area (Å²) in [6.07, 6.45) is 3.32. The van der Waals surface area contributed by atoms with Gasteiger partial charge in [-0.3, -0.25) is 0 Å². The topological polar surface area (TPSA) is 61.4 Å². The maximum Gasteiger partial charge on any atom is 0.319 e. The summed E-state index contributed by atoms with van der Waals surface area (Å²) < 4.78 is 0. The third-order valence-electron chi connectivity index (χ3n) is 2.87. The summed E-state index contributed by atoms with van der Waals surface area (Å²) >= 11 is 0. The van der Waals surface area contributed by atoms with E-state index in [4.69, 9.17) is 5.11 Å². The fourth-order valence-electron chi connectivity index (χ4n) is 1.72. The van der Waals surface area contributed by atoms with Crippen LogP contribution in [0.4, 0.5) is 10.5 Å². The van der Waals surface area contributed by atoms with E-state index in [0.29, 0.717) is 11.7 Å². The van der Waals surface area contributed by atoms with Gasteiger partial charge < -0.3 is 15.7 Å². The van der Waals surface area contributed by atoms with E-state index in [9.17, 15) is 4.79 Å². The molecule has 1 aliphatic carbocycles. The van der Waals surface area contributed by atoms with E-state index >= 15 is 0 Å². The van der Waals surface area contributed by atoms with Crippen molar-refractivity contribution in [2.24, 2.45) is 0 Å². The number of anilines is 1. The molecule has 1 aromatic rings. The molecular weight excluding hydrogens is 228 g/mol. The second-order valence-electron chi connectivity index (χ2n) is 4.27. The third-order valence-corrected chi connectivity index (χ3v) is 2.87. The number of aliphatic hydroxyl groups is 1. The van der Waals surface area contributed by atoms with Crippen molar-refractivity contribution < 1.29 is 9.90 Å². The molecule has 1 fully saturated rings. The molecule has 18 heavy (non-hydrogen) atoms. The Hall–Kier alpha value is -1.99. The molecule has 0 bridgehead atoms. The average Bonchev–Trinajstić information content (AvgIpc) is 2.32. The molecule has 0 unspecified atom stereocenters. The summed E-state index contributed by atoms with van der Waals surface area (Å²) in [6.45, 7) is -0.167. The van der Waals surface area contributed by atoms with Crippen molar-refractivity contribution in [2.45, 2.75) is 25.3 Å². The van der Waals surface area contributed by atoms with E-state index in [-0.39, 0.29) is 12.6 Å². The molecule has 0 aliphatic heterocycles. The van der Waals surface area contributed by atoms with Gasteiger partial charge in [-0.25, -0.2) is 4.79 Å². The maximum absolute atomic E-state index is 11.6. The van der Waals surface area contributed by atoms with Gasteiger partial charge in [0, 0.05) is 17.3 Å². The molecule has 1 saturated carbocycles. The minimum atomic E-state index is -0.174. The number of carbonyl (C=O) groups excluding carboxylic acids is 1. The number of aliphatic hydroxyl groups excluding tert-OH is 1. The van der Waals surface area contributed by atoms with Gasteiger partial charge in [0.15, 0.2) is 0 Å². The van der Waals surface area contributed by atoms with Gasteiger partial charge >= 0.3 is 6.03 Å². The van der Waals surface area contributed by atoms with Crippen LogP contribution in [0.3, 0.4) is 0 Å². The first-order valence-corrected chi connectivity index (χ1v) is 6.05. The number of nitrogens with one attached hydrogen (secondary N) is 2. The van der Waals surface area contributed by atoms with Crippen molar-refractivity contribution >= 4 is 11.7 Å². The minimum Gasteiger partial charge on any atom is -0.384 e. The lowest BCUT2D eigenvalue weighted by molar-refractivity contribution is 0.240. The monoisotopic (exact) mass is 244 g/mol. The second-order valence-corrected chi connectivity index (χ2v) is 4.27. The van der Waals surface area contributed by atoms with Crippen LogP contribution < -0.4 is 10.6 Å². The Morgan fingerprint density at radius 2 is 2.28 bits per heavy atom. The first-order chi connectivity index (χ1) is 8.78. The Balaban J connectivity index is 1.93. The van der Waals surface area contributed by atoms with Crippen LogP contribution in [-0.2, 0) is 0 Å². The van der Waals surface area contributed by atoms with Crippen LogP contribution in [0.15, 0.2) is 24.3 Å². The molecular formula is C14H16N2O2. The maximum atomic E-state index is 11.6. The van der Waals surface area contributed by atoms with Gasteiger partial charge in [-0.2, -0.15) is 0 Å². The summed E-state index contributed by atoms with van der Waals surface area (Å²) in [4.78, 5) is 11.6. The molecule has 0 saturated heterocycles. The van der Waals surface area contributed by atoms with Crippen molar-refractivity contribution in [1.29, 1.82) is 0 Å². The molecule has 2 amide bonds. The van der Waals surface area contributed by atoms with Crippen molar-refractivity contribution in [1.82, 2.24) is 5.32 Å². The summed E-state index contributed by atoms with van der Waals surface area (Å²) in [5.41, 5.74) is 1.47. The van der Waals surface area contributed by atoms with Gasteiger partial charge in [0.05, 0.1) is 0 Å². The lowest BCUT2D eigenvalue weighted by Crippen LogP contribution is -2.41. The fourth-order valence-corrected chi connectivity index (χ4v) is 1.72.